The molecule has 0 fully saturated rings. The van der Waals surface area contributed by atoms with Crippen LogP contribution in [0.5, 0.6) is 0 Å². The van der Waals surface area contributed by atoms with E-state index >= 15 is 0 Å². The van der Waals surface area contributed by atoms with E-state index in [2.05, 4.69) is 24.1 Å². The van der Waals surface area contributed by atoms with Crippen LogP contribution in [0.2, 0.25) is 0 Å². The van der Waals surface area contributed by atoms with E-state index < -0.39 is 0 Å². The van der Waals surface area contributed by atoms with E-state index in [1.54, 1.807) is 0 Å². The zero-order valence-electron chi connectivity index (χ0n) is 12.7. The first kappa shape index (κ1) is 16.2. The molecule has 0 spiro atoms. The molecule has 1 aromatic heterocycles. The number of nitriles is 1. The first-order chi connectivity index (χ1) is 10.6. The Labute approximate surface area is 134 Å². The summed E-state index contributed by atoms with van der Waals surface area (Å²) in [4.78, 5) is 16.9. The molecule has 1 unspecified atom stereocenters. The number of nitrogens with one attached hydrogen (secondary N) is 1. The van der Waals surface area contributed by atoms with E-state index in [1.807, 2.05) is 41.8 Å². The minimum atomic E-state index is -0.296. The van der Waals surface area contributed by atoms with Gasteiger partial charge in [0.05, 0.1) is 17.7 Å². The quantitative estimate of drug-likeness (QED) is 0.829. The van der Waals surface area contributed by atoms with Gasteiger partial charge in [-0.1, -0.05) is 44.2 Å². The maximum Gasteiger partial charge on any atom is 0.230 e. The lowest BCUT2D eigenvalue weighted by Gasteiger charge is -2.15. The first-order valence-electron chi connectivity index (χ1n) is 7.27. The third-order valence-corrected chi connectivity index (χ3v) is 4.21. The van der Waals surface area contributed by atoms with Gasteiger partial charge >= 0.3 is 0 Å². The van der Waals surface area contributed by atoms with Crippen LogP contribution in [0.15, 0.2) is 35.7 Å². The lowest BCUT2D eigenvalue weighted by Crippen LogP contribution is -2.30. The van der Waals surface area contributed by atoms with Gasteiger partial charge in [-0.25, -0.2) is 4.98 Å². The Morgan fingerprint density at radius 3 is 2.73 bits per heavy atom. The smallest absolute Gasteiger partial charge is 0.230 e. The number of rotatable bonds is 6. The molecule has 114 valence electrons. The number of benzene rings is 1. The predicted octanol–water partition coefficient (Wildman–Crippen LogP) is 3.58. The normalized spacial score (nSPS) is 11.9. The fraction of sp³-hybridized carbons (Fsp3) is 0.353. The SMILES string of the molecule is CC(C)CC(C(=O)NCC#N)c1nc(-c2ccccc2)cs1. The zero-order chi connectivity index (χ0) is 15.9. The maximum atomic E-state index is 12.3. The molecule has 0 aliphatic heterocycles. The molecule has 1 N–H and O–H groups in total. The fourth-order valence-electron chi connectivity index (χ4n) is 2.23. The van der Waals surface area contributed by atoms with Crippen LogP contribution in [0.1, 0.15) is 31.2 Å². The van der Waals surface area contributed by atoms with Crippen molar-refractivity contribution in [3.63, 3.8) is 0 Å². The highest BCUT2D eigenvalue weighted by Crippen LogP contribution is 2.30. The van der Waals surface area contributed by atoms with Crippen molar-refractivity contribution in [1.82, 2.24) is 10.3 Å². The average molecular weight is 313 g/mol. The predicted molar refractivity (Wildman–Crippen MR) is 88.4 cm³/mol. The van der Waals surface area contributed by atoms with Crippen LogP contribution < -0.4 is 5.32 Å². The van der Waals surface area contributed by atoms with Crippen LogP contribution in [-0.2, 0) is 4.79 Å². The van der Waals surface area contributed by atoms with E-state index in [4.69, 9.17) is 5.26 Å². The van der Waals surface area contributed by atoms with E-state index in [1.165, 1.54) is 11.3 Å². The van der Waals surface area contributed by atoms with Crippen molar-refractivity contribution in [2.45, 2.75) is 26.2 Å². The van der Waals surface area contributed by atoms with E-state index in [0.29, 0.717) is 5.92 Å². The highest BCUT2D eigenvalue weighted by Gasteiger charge is 2.24. The molecule has 0 aliphatic carbocycles. The Morgan fingerprint density at radius 1 is 1.36 bits per heavy atom. The molecule has 1 aromatic carbocycles. The molecule has 5 heteroatoms. The fourth-order valence-corrected chi connectivity index (χ4v) is 3.17. The molecule has 2 rings (SSSR count). The van der Waals surface area contributed by atoms with Gasteiger partial charge in [0, 0.05) is 10.9 Å². The van der Waals surface area contributed by atoms with Gasteiger partial charge in [-0.2, -0.15) is 5.26 Å². The molecule has 0 aliphatic rings. The van der Waals surface area contributed by atoms with Crippen molar-refractivity contribution in [1.29, 1.82) is 5.26 Å². The monoisotopic (exact) mass is 313 g/mol. The second-order valence-electron chi connectivity index (χ2n) is 5.50. The lowest BCUT2D eigenvalue weighted by molar-refractivity contribution is -0.122. The minimum Gasteiger partial charge on any atom is -0.342 e. The van der Waals surface area contributed by atoms with Gasteiger partial charge in [-0.3, -0.25) is 4.79 Å². The molecule has 2 aromatic rings. The Kier molecular flexibility index (Phi) is 5.68. The summed E-state index contributed by atoms with van der Waals surface area (Å²) in [6.45, 7) is 4.19. The number of amides is 1. The van der Waals surface area contributed by atoms with Crippen molar-refractivity contribution in [3.05, 3.63) is 40.7 Å². The van der Waals surface area contributed by atoms with Gasteiger partial charge in [0.2, 0.25) is 5.91 Å². The second kappa shape index (κ2) is 7.71. The summed E-state index contributed by atoms with van der Waals surface area (Å²) >= 11 is 1.50. The van der Waals surface area contributed by atoms with E-state index in [0.717, 1.165) is 22.7 Å². The maximum absolute atomic E-state index is 12.3. The number of hydrogen-bond donors (Lipinski definition) is 1. The van der Waals surface area contributed by atoms with Gasteiger partial charge in [0.1, 0.15) is 11.6 Å². The van der Waals surface area contributed by atoms with Crippen molar-refractivity contribution in [2.75, 3.05) is 6.54 Å². The molecule has 0 radical (unpaired) electrons. The van der Waals surface area contributed by atoms with Crippen molar-refractivity contribution >= 4 is 17.2 Å². The Morgan fingerprint density at radius 2 is 2.09 bits per heavy atom. The molecular weight excluding hydrogens is 294 g/mol. The summed E-state index contributed by atoms with van der Waals surface area (Å²) in [6.07, 6.45) is 0.721. The highest BCUT2D eigenvalue weighted by atomic mass is 32.1. The van der Waals surface area contributed by atoms with Crippen molar-refractivity contribution in [2.24, 2.45) is 5.92 Å². The molecule has 22 heavy (non-hydrogen) atoms. The van der Waals surface area contributed by atoms with Crippen molar-refractivity contribution in [3.8, 4) is 17.3 Å². The van der Waals surface area contributed by atoms with Gasteiger partial charge in [-0.05, 0) is 12.3 Å². The van der Waals surface area contributed by atoms with E-state index in [-0.39, 0.29) is 18.4 Å². The van der Waals surface area contributed by atoms with Gasteiger partial charge in [0.25, 0.3) is 0 Å². The van der Waals surface area contributed by atoms with Crippen LogP contribution in [0.3, 0.4) is 0 Å². The molecule has 0 saturated carbocycles. The molecule has 0 saturated heterocycles. The molecule has 0 bridgehead atoms. The van der Waals surface area contributed by atoms with Crippen LogP contribution in [0, 0.1) is 17.2 Å². The molecule has 1 amide bonds. The Hall–Kier alpha value is -2.19. The lowest BCUT2D eigenvalue weighted by atomic mass is 9.97. The van der Waals surface area contributed by atoms with Crippen molar-refractivity contribution < 1.29 is 4.79 Å². The van der Waals surface area contributed by atoms with Crippen LogP contribution >= 0.6 is 11.3 Å². The van der Waals surface area contributed by atoms with Gasteiger partial charge in [0.15, 0.2) is 0 Å². The largest absolute Gasteiger partial charge is 0.342 e. The number of carbonyl (C=O) groups is 1. The molecular formula is C17H19N3OS. The summed E-state index contributed by atoms with van der Waals surface area (Å²) < 4.78 is 0. The standard InChI is InChI=1S/C17H19N3OS/c1-12(2)10-14(16(21)19-9-8-18)17-20-15(11-22-17)13-6-4-3-5-7-13/h3-7,11-12,14H,9-10H2,1-2H3,(H,19,21). The number of nitrogens with zero attached hydrogens (tertiary/aromatic N) is 2. The van der Waals surface area contributed by atoms with Gasteiger partial charge < -0.3 is 5.32 Å². The minimum absolute atomic E-state index is 0.0321. The third-order valence-electron chi connectivity index (χ3n) is 3.25. The second-order valence-corrected chi connectivity index (χ2v) is 6.38. The molecule has 4 nitrogen and oxygen atoms in total. The number of carbonyl (C=O) groups excluding carboxylic acids is 1. The average Bonchev–Trinajstić information content (AvgIpc) is 3.00. The van der Waals surface area contributed by atoms with Crippen LogP contribution in [0.4, 0.5) is 0 Å². The van der Waals surface area contributed by atoms with Gasteiger partial charge in [-0.15, -0.1) is 11.3 Å². The zero-order valence-corrected chi connectivity index (χ0v) is 13.6. The molecule has 1 atom stereocenters. The number of thiazole rings is 1. The number of hydrogen-bond acceptors (Lipinski definition) is 4. The van der Waals surface area contributed by atoms with Crippen LogP contribution in [0.25, 0.3) is 11.3 Å². The van der Waals surface area contributed by atoms with E-state index in [9.17, 15) is 4.79 Å². The summed E-state index contributed by atoms with van der Waals surface area (Å²) in [5.41, 5.74) is 1.94. The molecule has 1 heterocycles. The Bertz CT molecular complexity index is 658. The van der Waals surface area contributed by atoms with Crippen LogP contribution in [-0.4, -0.2) is 17.4 Å². The third kappa shape index (κ3) is 4.15. The first-order valence-corrected chi connectivity index (χ1v) is 8.15. The summed E-state index contributed by atoms with van der Waals surface area (Å²) in [5.74, 6) is -0.0399. The summed E-state index contributed by atoms with van der Waals surface area (Å²) in [7, 11) is 0. The topological polar surface area (TPSA) is 65.8 Å². The summed E-state index contributed by atoms with van der Waals surface area (Å²) in [6, 6.07) is 11.9. The Balaban J connectivity index is 2.23. The summed E-state index contributed by atoms with van der Waals surface area (Å²) in [5, 5.41) is 14.1. The number of aromatic nitrogens is 1. The highest BCUT2D eigenvalue weighted by molar-refractivity contribution is 7.10.